The molecule has 1 aromatic heterocycles. The van der Waals surface area contributed by atoms with Crippen LogP contribution in [0.4, 0.5) is 22.0 Å². The van der Waals surface area contributed by atoms with Gasteiger partial charge in [-0.05, 0) is 72.8 Å². The lowest BCUT2D eigenvalue weighted by Gasteiger charge is -2.09. The summed E-state index contributed by atoms with van der Waals surface area (Å²) >= 11 is 0. The fraction of sp³-hybridized carbons (Fsp3) is 0.0385. The van der Waals surface area contributed by atoms with Gasteiger partial charge in [0.2, 0.25) is 0 Å². The fourth-order valence-electron chi connectivity index (χ4n) is 3.58. The summed E-state index contributed by atoms with van der Waals surface area (Å²) in [6, 6.07) is 25.8. The van der Waals surface area contributed by atoms with E-state index >= 15 is 0 Å². The summed E-state index contributed by atoms with van der Waals surface area (Å²) < 4.78 is 86.0. The van der Waals surface area contributed by atoms with Crippen molar-refractivity contribution in [2.75, 3.05) is 0 Å². The first-order valence-electron chi connectivity index (χ1n) is 10.7. The van der Waals surface area contributed by atoms with Crippen LogP contribution in [0.25, 0.3) is 21.8 Å². The maximum Gasteiger partial charge on any atom is 0.485 e. The molecule has 0 saturated carbocycles. The Morgan fingerprint density at radius 3 is 1.63 bits per heavy atom. The molecule has 0 radical (unpaired) electrons. The van der Waals surface area contributed by atoms with Gasteiger partial charge in [0.25, 0.3) is 0 Å². The monoisotopic (exact) mass is 565 g/mol. The topological polar surface area (TPSA) is 90.1 Å². The average Bonchev–Trinajstić information content (AvgIpc) is 2.86. The Morgan fingerprint density at radius 2 is 1.13 bits per heavy atom. The third-order valence-electron chi connectivity index (χ3n) is 5.29. The van der Waals surface area contributed by atoms with Crippen molar-refractivity contribution in [3.05, 3.63) is 113 Å². The predicted molar refractivity (Wildman–Crippen MR) is 133 cm³/mol. The van der Waals surface area contributed by atoms with E-state index in [2.05, 4.69) is 4.98 Å². The van der Waals surface area contributed by atoms with Crippen molar-refractivity contribution < 1.29 is 34.9 Å². The minimum absolute atomic E-state index is 0.0389. The Balaban J connectivity index is 0.000000368. The predicted octanol–water partition coefficient (Wildman–Crippen LogP) is 6.11. The first-order chi connectivity index (χ1) is 17.8. The zero-order chi connectivity index (χ0) is 27.7. The summed E-state index contributed by atoms with van der Waals surface area (Å²) in [4.78, 5) is 19.1. The van der Waals surface area contributed by atoms with Crippen LogP contribution in [0, 0.1) is 11.6 Å². The number of hydrogen-bond donors (Lipinski definition) is 1. The van der Waals surface area contributed by atoms with E-state index in [4.69, 9.17) is 13.0 Å². The number of hydrogen-bond acceptors (Lipinski definition) is 4. The summed E-state index contributed by atoms with van der Waals surface area (Å²) in [6.45, 7) is 0. The molecule has 12 heteroatoms. The highest BCUT2D eigenvalue weighted by Gasteiger charge is 2.37. The van der Waals surface area contributed by atoms with Gasteiger partial charge in [0.15, 0.2) is 30.2 Å². The van der Waals surface area contributed by atoms with Crippen LogP contribution in [0.5, 0.6) is 0 Å². The van der Waals surface area contributed by atoms with E-state index in [1.54, 1.807) is 30.3 Å². The van der Waals surface area contributed by atoms with E-state index in [9.17, 15) is 26.7 Å². The summed E-state index contributed by atoms with van der Waals surface area (Å²) in [7, 11) is -6.71. The lowest BCUT2D eigenvalue weighted by atomic mass is 10.1. The minimum atomic E-state index is -6.09. The number of alkyl halides is 3. The zero-order valence-corrected chi connectivity index (χ0v) is 20.6. The molecular weight excluding hydrogens is 549 g/mol. The van der Waals surface area contributed by atoms with Crippen LogP contribution in [-0.4, -0.2) is 23.5 Å². The van der Waals surface area contributed by atoms with Crippen LogP contribution < -0.4 is 5.43 Å². The molecule has 0 atom stereocenters. The van der Waals surface area contributed by atoms with Crippen LogP contribution in [0.1, 0.15) is 0 Å². The highest BCUT2D eigenvalue weighted by molar-refractivity contribution is 7.97. The van der Waals surface area contributed by atoms with Crippen LogP contribution in [0.15, 0.2) is 110 Å². The third-order valence-corrected chi connectivity index (χ3v) is 8.07. The highest BCUT2D eigenvalue weighted by atomic mass is 32.2. The Kier molecular flexibility index (Phi) is 7.58. The van der Waals surface area contributed by atoms with Crippen LogP contribution in [0.2, 0.25) is 0 Å². The van der Waals surface area contributed by atoms with Gasteiger partial charge in [-0.3, -0.25) is 4.79 Å². The maximum absolute atomic E-state index is 13.5. The molecule has 1 heterocycles. The molecule has 0 bridgehead atoms. The molecule has 38 heavy (non-hydrogen) atoms. The molecule has 0 aliphatic carbocycles. The Morgan fingerprint density at radius 1 is 0.684 bits per heavy atom. The quantitative estimate of drug-likeness (QED) is 0.0941. The molecule has 0 unspecified atom stereocenters. The van der Waals surface area contributed by atoms with E-state index in [-0.39, 0.29) is 17.1 Å². The number of pyridine rings is 1. The third kappa shape index (κ3) is 5.87. The molecule has 0 aliphatic heterocycles. The largest absolute Gasteiger partial charge is 0.741 e. The first kappa shape index (κ1) is 27.3. The molecular formula is C26H16F5NO4S2. The van der Waals surface area contributed by atoms with Gasteiger partial charge in [-0.15, -0.1) is 0 Å². The average molecular weight is 566 g/mol. The molecule has 1 N–H and O–H groups in total. The second kappa shape index (κ2) is 10.6. The van der Waals surface area contributed by atoms with Crippen LogP contribution >= 0.6 is 0 Å². The number of halogens is 5. The molecule has 0 aliphatic rings. The van der Waals surface area contributed by atoms with Crippen molar-refractivity contribution >= 4 is 42.8 Å². The van der Waals surface area contributed by atoms with Crippen molar-refractivity contribution in [3.63, 3.8) is 0 Å². The summed E-state index contributed by atoms with van der Waals surface area (Å²) in [5, 5.41) is 1.22. The number of rotatable bonds is 3. The number of aromatic amines is 1. The van der Waals surface area contributed by atoms with E-state index in [0.717, 1.165) is 25.7 Å². The van der Waals surface area contributed by atoms with E-state index in [1.165, 1.54) is 24.3 Å². The molecule has 0 spiro atoms. The normalized spacial score (nSPS) is 12.0. The van der Waals surface area contributed by atoms with E-state index < -0.39 is 26.5 Å². The van der Waals surface area contributed by atoms with Gasteiger partial charge in [-0.1, -0.05) is 12.1 Å². The van der Waals surface area contributed by atoms with Gasteiger partial charge in [0.1, 0.15) is 11.6 Å². The maximum atomic E-state index is 13.5. The second-order valence-corrected chi connectivity index (χ2v) is 11.2. The molecule has 5 nitrogen and oxygen atoms in total. The van der Waals surface area contributed by atoms with Crippen LogP contribution in [0.3, 0.4) is 0 Å². The van der Waals surface area contributed by atoms with Crippen molar-refractivity contribution in [1.29, 1.82) is 0 Å². The Bertz CT molecular complexity index is 1720. The molecule has 0 fully saturated rings. The zero-order valence-electron chi connectivity index (χ0n) is 19.0. The highest BCUT2D eigenvalue weighted by Crippen LogP contribution is 2.33. The van der Waals surface area contributed by atoms with Crippen molar-refractivity contribution in [2.45, 2.75) is 20.2 Å². The number of aromatic nitrogens is 1. The van der Waals surface area contributed by atoms with E-state index in [0.29, 0.717) is 10.8 Å². The molecule has 0 amide bonds. The van der Waals surface area contributed by atoms with Gasteiger partial charge in [-0.2, -0.15) is 13.2 Å². The lowest BCUT2D eigenvalue weighted by molar-refractivity contribution is -0.0517. The molecule has 4 aromatic carbocycles. The smallest absolute Gasteiger partial charge is 0.485 e. The van der Waals surface area contributed by atoms with Crippen molar-refractivity contribution in [3.8, 4) is 0 Å². The molecule has 196 valence electrons. The van der Waals surface area contributed by atoms with E-state index in [1.807, 2.05) is 36.4 Å². The standard InChI is InChI=1S/C25H15F2NOS.CHF3O3S/c26-16-5-9-18(10-6-16)30(19-11-7-17(27)8-12-19)20-13-14-24-22(15-20)25(29)21-3-1-2-4-23(21)28-24;2-1(3,4)8(5,6)7/h1-15H;(H,5,6,7). The number of H-pyrrole nitrogens is 1. The van der Waals surface area contributed by atoms with Crippen LogP contribution in [-0.2, 0) is 21.0 Å². The van der Waals surface area contributed by atoms with Crippen molar-refractivity contribution in [1.82, 2.24) is 4.98 Å². The second-order valence-electron chi connectivity index (χ2n) is 7.82. The summed E-state index contributed by atoms with van der Waals surface area (Å²) in [5.74, 6) is -0.634. The number of para-hydroxylation sites is 1. The van der Waals surface area contributed by atoms with Gasteiger partial charge in [0, 0.05) is 17.0 Å². The number of nitrogens with one attached hydrogen (secondary N) is 1. The minimum Gasteiger partial charge on any atom is -0.741 e. The number of fused-ring (bicyclic) bond motifs is 2. The molecule has 5 aromatic rings. The fourth-order valence-corrected chi connectivity index (χ4v) is 5.65. The first-order valence-corrected chi connectivity index (χ1v) is 13.3. The molecule has 5 rings (SSSR count). The SMILES string of the molecule is O=S(=O)([O-])C(F)(F)F.O=c1c2ccccc2[nH]c2ccc([S+](c3ccc(F)cc3)c3ccc(F)cc3)cc12. The van der Waals surface area contributed by atoms with Gasteiger partial charge in [0.05, 0.1) is 21.8 Å². The van der Waals surface area contributed by atoms with Gasteiger partial charge in [-0.25, -0.2) is 17.2 Å². The van der Waals surface area contributed by atoms with Gasteiger partial charge >= 0.3 is 5.51 Å². The number of benzene rings is 4. The Labute approximate surface area is 215 Å². The molecule has 0 saturated heterocycles. The Hall–Kier alpha value is -3.74. The van der Waals surface area contributed by atoms with Crippen molar-refractivity contribution in [2.24, 2.45) is 0 Å². The van der Waals surface area contributed by atoms with Gasteiger partial charge < -0.3 is 9.54 Å². The summed E-state index contributed by atoms with van der Waals surface area (Å²) in [6.07, 6.45) is 0. The lowest BCUT2D eigenvalue weighted by Crippen LogP contribution is -2.21. The summed E-state index contributed by atoms with van der Waals surface area (Å²) in [5.41, 5.74) is -4.14.